The van der Waals surface area contributed by atoms with Gasteiger partial charge in [0.25, 0.3) is 0 Å². The highest BCUT2D eigenvalue weighted by Crippen LogP contribution is 2.39. The van der Waals surface area contributed by atoms with E-state index in [1.54, 1.807) is 18.3 Å². The van der Waals surface area contributed by atoms with Gasteiger partial charge in [0.05, 0.1) is 16.8 Å². The zero-order valence-electron chi connectivity index (χ0n) is 24.8. The molecule has 1 N–H and O–H groups in total. The standard InChI is InChI=1S/C29H38N6O4S2Si/c1-6-39-27(37)24-23(12-9-15-36)41-28(30-24)34-14-13-20-19(2)25(32-33-26(20)34)31-29-35(18-38-16-17-42(3,4)5)21-10-7-8-11-22(21)40-29/h7-8,10-11,36H,6,9,12-18H2,1-5H3. The van der Waals surface area contributed by atoms with E-state index in [1.807, 2.05) is 24.0 Å². The summed E-state index contributed by atoms with van der Waals surface area (Å²) in [6.45, 7) is 13.0. The summed E-state index contributed by atoms with van der Waals surface area (Å²) < 4.78 is 14.6. The summed E-state index contributed by atoms with van der Waals surface area (Å²) in [4.78, 5) is 25.9. The predicted molar refractivity (Wildman–Crippen MR) is 170 cm³/mol. The lowest BCUT2D eigenvalue weighted by Gasteiger charge is -2.16. The first-order chi connectivity index (χ1) is 20.2. The molecule has 0 saturated heterocycles. The quantitative estimate of drug-likeness (QED) is 0.123. The van der Waals surface area contributed by atoms with Crippen molar-refractivity contribution in [2.24, 2.45) is 4.99 Å². The number of aromatic nitrogens is 4. The van der Waals surface area contributed by atoms with Crippen LogP contribution < -0.4 is 9.70 Å². The molecule has 0 spiro atoms. The van der Waals surface area contributed by atoms with Gasteiger partial charge in [-0.05, 0) is 51.3 Å². The number of thiazole rings is 2. The number of para-hydroxylation sites is 1. The number of hydrogen-bond donors (Lipinski definition) is 1. The maximum absolute atomic E-state index is 12.6. The molecule has 0 unspecified atom stereocenters. The number of hydrogen-bond acceptors (Lipinski definition) is 11. The molecule has 0 bridgehead atoms. The van der Waals surface area contributed by atoms with Crippen LogP contribution in [0, 0.1) is 6.92 Å². The molecule has 0 saturated carbocycles. The van der Waals surface area contributed by atoms with Gasteiger partial charge in [-0.2, -0.15) is 4.99 Å². The Bertz CT molecular complexity index is 1640. The highest BCUT2D eigenvalue weighted by atomic mass is 32.1. The van der Waals surface area contributed by atoms with Gasteiger partial charge in [0.1, 0.15) is 6.73 Å². The molecule has 3 aromatic heterocycles. The third-order valence-electron chi connectivity index (χ3n) is 7.09. The molecule has 0 amide bonds. The molecule has 4 heterocycles. The summed E-state index contributed by atoms with van der Waals surface area (Å²) in [5.74, 6) is 0.890. The molecule has 13 heteroatoms. The lowest BCUT2D eigenvalue weighted by molar-refractivity contribution is 0.0519. The van der Waals surface area contributed by atoms with Crippen molar-refractivity contribution in [3.05, 3.63) is 50.8 Å². The molecule has 1 aromatic carbocycles. The fourth-order valence-corrected chi connectivity index (χ4v) is 7.64. The van der Waals surface area contributed by atoms with E-state index in [4.69, 9.17) is 14.5 Å². The van der Waals surface area contributed by atoms with Crippen LogP contribution >= 0.6 is 22.7 Å². The van der Waals surface area contributed by atoms with E-state index >= 15 is 0 Å². The summed E-state index contributed by atoms with van der Waals surface area (Å²) in [5, 5.41) is 19.2. The first kappa shape index (κ1) is 30.5. The molecule has 10 nitrogen and oxygen atoms in total. The van der Waals surface area contributed by atoms with E-state index in [-0.39, 0.29) is 13.2 Å². The van der Waals surface area contributed by atoms with Crippen LogP contribution in [0.2, 0.25) is 25.7 Å². The number of nitrogens with zero attached hydrogens (tertiary/aromatic N) is 6. The van der Waals surface area contributed by atoms with Crippen molar-refractivity contribution in [3.63, 3.8) is 0 Å². The van der Waals surface area contributed by atoms with E-state index in [1.165, 1.54) is 11.3 Å². The third kappa shape index (κ3) is 6.65. The lowest BCUT2D eigenvalue weighted by Crippen LogP contribution is -2.23. The van der Waals surface area contributed by atoms with Crippen LogP contribution in [0.1, 0.15) is 39.8 Å². The van der Waals surface area contributed by atoms with Gasteiger partial charge in [0, 0.05) is 43.8 Å². The molecule has 224 valence electrons. The van der Waals surface area contributed by atoms with Gasteiger partial charge in [-0.25, -0.2) is 9.78 Å². The summed E-state index contributed by atoms with van der Waals surface area (Å²) in [6.07, 6.45) is 1.88. The van der Waals surface area contributed by atoms with Crippen LogP contribution in [0.15, 0.2) is 29.3 Å². The molecule has 0 aliphatic carbocycles. The Morgan fingerprint density at radius 2 is 2.00 bits per heavy atom. The minimum absolute atomic E-state index is 0.0450. The largest absolute Gasteiger partial charge is 0.461 e. The molecule has 42 heavy (non-hydrogen) atoms. The summed E-state index contributed by atoms with van der Waals surface area (Å²) >= 11 is 3.06. The Morgan fingerprint density at radius 1 is 1.19 bits per heavy atom. The molecule has 0 radical (unpaired) electrons. The second-order valence-corrected chi connectivity index (χ2v) is 19.1. The molecule has 1 aliphatic heterocycles. The number of anilines is 2. The van der Waals surface area contributed by atoms with Crippen LogP contribution in [0.25, 0.3) is 10.2 Å². The van der Waals surface area contributed by atoms with E-state index in [0.717, 1.165) is 55.9 Å². The highest BCUT2D eigenvalue weighted by molar-refractivity contribution is 7.16. The second-order valence-electron chi connectivity index (χ2n) is 11.4. The number of fused-ring (bicyclic) bond motifs is 2. The topological polar surface area (TPSA) is 115 Å². The maximum atomic E-state index is 12.6. The summed E-state index contributed by atoms with van der Waals surface area (Å²) in [6, 6.07) is 9.38. The minimum Gasteiger partial charge on any atom is -0.461 e. The van der Waals surface area contributed by atoms with Crippen molar-refractivity contribution >= 4 is 63.7 Å². The average molecular weight is 627 g/mol. The van der Waals surface area contributed by atoms with Crippen LogP contribution in [0.5, 0.6) is 0 Å². The van der Waals surface area contributed by atoms with E-state index in [2.05, 4.69) is 51.5 Å². The smallest absolute Gasteiger partial charge is 0.358 e. The minimum atomic E-state index is -1.19. The predicted octanol–water partition coefficient (Wildman–Crippen LogP) is 5.60. The summed E-state index contributed by atoms with van der Waals surface area (Å²) in [7, 11) is -1.19. The summed E-state index contributed by atoms with van der Waals surface area (Å²) in [5.41, 5.74) is 3.46. The van der Waals surface area contributed by atoms with Crippen molar-refractivity contribution in [2.75, 3.05) is 31.3 Å². The monoisotopic (exact) mass is 626 g/mol. The van der Waals surface area contributed by atoms with Crippen molar-refractivity contribution in [1.29, 1.82) is 0 Å². The first-order valence-electron chi connectivity index (χ1n) is 14.3. The van der Waals surface area contributed by atoms with Crippen molar-refractivity contribution in [1.82, 2.24) is 19.7 Å². The number of rotatable bonds is 12. The van der Waals surface area contributed by atoms with Crippen LogP contribution in [0.3, 0.4) is 0 Å². The number of esters is 1. The van der Waals surface area contributed by atoms with Gasteiger partial charge in [0.2, 0.25) is 0 Å². The van der Waals surface area contributed by atoms with Crippen LogP contribution in [0.4, 0.5) is 16.8 Å². The fourth-order valence-electron chi connectivity index (χ4n) is 4.75. The van der Waals surface area contributed by atoms with Crippen molar-refractivity contribution in [3.8, 4) is 0 Å². The number of aryl methyl sites for hydroxylation is 1. The van der Waals surface area contributed by atoms with Crippen LogP contribution in [-0.2, 0) is 29.0 Å². The average Bonchev–Trinajstić information content (AvgIpc) is 3.66. The fraction of sp³-hybridized carbons (Fsp3) is 0.483. The lowest BCUT2D eigenvalue weighted by atomic mass is 10.1. The van der Waals surface area contributed by atoms with Crippen molar-refractivity contribution < 1.29 is 19.4 Å². The molecule has 5 rings (SSSR count). The van der Waals surface area contributed by atoms with Gasteiger partial charge in [-0.15, -0.1) is 21.5 Å². The third-order valence-corrected chi connectivity index (χ3v) is 11.0. The van der Waals surface area contributed by atoms with Crippen LogP contribution in [-0.4, -0.2) is 65.3 Å². The number of benzene rings is 1. The Kier molecular flexibility index (Phi) is 9.53. The van der Waals surface area contributed by atoms with Gasteiger partial charge < -0.3 is 19.5 Å². The number of aliphatic hydroxyl groups is 1. The van der Waals surface area contributed by atoms with Gasteiger partial charge in [0.15, 0.2) is 27.3 Å². The molecule has 0 fully saturated rings. The first-order valence-corrected chi connectivity index (χ1v) is 19.7. The van der Waals surface area contributed by atoms with Gasteiger partial charge >= 0.3 is 5.97 Å². The van der Waals surface area contributed by atoms with E-state index < -0.39 is 14.0 Å². The number of ether oxygens (including phenoxy) is 2. The van der Waals surface area contributed by atoms with E-state index in [0.29, 0.717) is 42.8 Å². The number of carbonyl (C=O) groups is 1. The zero-order valence-corrected chi connectivity index (χ0v) is 27.5. The normalized spacial score (nSPS) is 13.8. The molecular formula is C29H38N6O4S2Si. The molecular weight excluding hydrogens is 589 g/mol. The maximum Gasteiger partial charge on any atom is 0.358 e. The second kappa shape index (κ2) is 13.1. The SMILES string of the molecule is CCOC(=O)c1nc(N2CCc3c2nnc(N=c2sc4ccccc4n2COCC[Si](C)(C)C)c3C)sc1CCCO. The van der Waals surface area contributed by atoms with Gasteiger partial charge in [-0.1, -0.05) is 43.1 Å². The van der Waals surface area contributed by atoms with Crippen molar-refractivity contribution in [2.45, 2.75) is 65.5 Å². The Labute approximate surface area is 254 Å². The van der Waals surface area contributed by atoms with E-state index in [9.17, 15) is 9.90 Å². The molecule has 4 aromatic rings. The highest BCUT2D eigenvalue weighted by Gasteiger charge is 2.30. The van der Waals surface area contributed by atoms with Gasteiger partial charge in [-0.3, -0.25) is 4.57 Å². The number of aliphatic hydroxyl groups excluding tert-OH is 1. The Hall–Kier alpha value is -2.97. The Morgan fingerprint density at radius 3 is 2.76 bits per heavy atom. The molecule has 1 aliphatic rings. The number of carbonyl (C=O) groups excluding carboxylic acids is 1. The Balaban J connectivity index is 1.46. The zero-order chi connectivity index (χ0) is 29.9. The molecule has 0 atom stereocenters.